The minimum Gasteiger partial charge on any atom is -0.396 e. The third-order valence-corrected chi connectivity index (χ3v) is 1.88. The van der Waals surface area contributed by atoms with E-state index in [9.17, 15) is 9.50 Å². The van der Waals surface area contributed by atoms with Gasteiger partial charge in [-0.2, -0.15) is 0 Å². The third-order valence-electron chi connectivity index (χ3n) is 1.88. The standard InChI is InChI=1S/C10H13FO2/c11-10-4-2-1-3-8(10)7-9(13)5-6-12/h1-4,9,12-13H,5-7H2. The highest BCUT2D eigenvalue weighted by Gasteiger charge is 2.07. The van der Waals surface area contributed by atoms with Gasteiger partial charge in [-0.3, -0.25) is 0 Å². The topological polar surface area (TPSA) is 40.5 Å². The Labute approximate surface area is 76.6 Å². The van der Waals surface area contributed by atoms with Crippen molar-refractivity contribution in [2.45, 2.75) is 18.9 Å². The summed E-state index contributed by atoms with van der Waals surface area (Å²) >= 11 is 0. The van der Waals surface area contributed by atoms with Crippen molar-refractivity contribution in [1.82, 2.24) is 0 Å². The Hall–Kier alpha value is -0.930. The fourth-order valence-corrected chi connectivity index (χ4v) is 1.17. The molecule has 0 aliphatic heterocycles. The molecule has 3 heteroatoms. The maximum absolute atomic E-state index is 13.0. The normalized spacial score (nSPS) is 12.8. The third kappa shape index (κ3) is 3.13. The van der Waals surface area contributed by atoms with Gasteiger partial charge in [-0.05, 0) is 18.1 Å². The van der Waals surface area contributed by atoms with Crippen molar-refractivity contribution in [1.29, 1.82) is 0 Å². The van der Waals surface area contributed by atoms with Crippen LogP contribution in [0.25, 0.3) is 0 Å². The lowest BCUT2D eigenvalue weighted by atomic mass is 10.1. The summed E-state index contributed by atoms with van der Waals surface area (Å²) in [5.41, 5.74) is 0.489. The molecule has 1 unspecified atom stereocenters. The molecule has 1 rings (SSSR count). The monoisotopic (exact) mass is 184 g/mol. The molecule has 0 saturated carbocycles. The second kappa shape index (κ2) is 4.94. The molecule has 0 amide bonds. The largest absolute Gasteiger partial charge is 0.396 e. The molecule has 2 N–H and O–H groups in total. The van der Waals surface area contributed by atoms with Gasteiger partial charge in [0.2, 0.25) is 0 Å². The Morgan fingerprint density at radius 2 is 2.00 bits per heavy atom. The van der Waals surface area contributed by atoms with E-state index in [-0.39, 0.29) is 25.3 Å². The van der Waals surface area contributed by atoms with E-state index in [4.69, 9.17) is 5.11 Å². The summed E-state index contributed by atoms with van der Waals surface area (Å²) in [6.45, 7) is -0.0738. The smallest absolute Gasteiger partial charge is 0.126 e. The van der Waals surface area contributed by atoms with Crippen molar-refractivity contribution >= 4 is 0 Å². The van der Waals surface area contributed by atoms with E-state index in [1.165, 1.54) is 6.07 Å². The highest BCUT2D eigenvalue weighted by atomic mass is 19.1. The second-order valence-corrected chi connectivity index (χ2v) is 2.96. The van der Waals surface area contributed by atoms with E-state index >= 15 is 0 Å². The predicted octanol–water partition coefficient (Wildman–Crippen LogP) is 1.11. The van der Waals surface area contributed by atoms with Crippen molar-refractivity contribution in [3.8, 4) is 0 Å². The van der Waals surface area contributed by atoms with Crippen LogP contribution in [0.15, 0.2) is 24.3 Å². The number of aliphatic hydroxyl groups is 2. The summed E-state index contributed by atoms with van der Waals surface area (Å²) < 4.78 is 13.0. The molecule has 0 aromatic heterocycles. The first-order valence-electron chi connectivity index (χ1n) is 4.26. The van der Waals surface area contributed by atoms with Crippen LogP contribution < -0.4 is 0 Å². The summed E-state index contributed by atoms with van der Waals surface area (Å²) in [4.78, 5) is 0. The van der Waals surface area contributed by atoms with Gasteiger partial charge in [0.05, 0.1) is 6.10 Å². The summed E-state index contributed by atoms with van der Waals surface area (Å²) in [5, 5.41) is 17.8. The van der Waals surface area contributed by atoms with Crippen LogP contribution in [0.5, 0.6) is 0 Å². The van der Waals surface area contributed by atoms with Crippen LogP contribution in [0, 0.1) is 5.82 Å². The predicted molar refractivity (Wildman–Crippen MR) is 47.8 cm³/mol. The Kier molecular flexibility index (Phi) is 3.86. The molecule has 0 bridgehead atoms. The molecule has 0 saturated heterocycles. The molecule has 13 heavy (non-hydrogen) atoms. The molecule has 0 heterocycles. The lowest BCUT2D eigenvalue weighted by Gasteiger charge is -2.08. The average molecular weight is 184 g/mol. The SMILES string of the molecule is OCCC(O)Cc1ccccc1F. The molecule has 0 fully saturated rings. The number of aliphatic hydroxyl groups excluding tert-OH is 2. The highest BCUT2D eigenvalue weighted by Crippen LogP contribution is 2.10. The van der Waals surface area contributed by atoms with E-state index in [2.05, 4.69) is 0 Å². The van der Waals surface area contributed by atoms with Crippen LogP contribution >= 0.6 is 0 Å². The summed E-state index contributed by atoms with van der Waals surface area (Å²) in [6.07, 6.45) is -0.122. The van der Waals surface area contributed by atoms with Gasteiger partial charge in [-0.15, -0.1) is 0 Å². The van der Waals surface area contributed by atoms with Crippen LogP contribution in [0.3, 0.4) is 0 Å². The number of hydrogen-bond donors (Lipinski definition) is 2. The van der Waals surface area contributed by atoms with Crippen molar-refractivity contribution < 1.29 is 14.6 Å². The highest BCUT2D eigenvalue weighted by molar-refractivity contribution is 5.17. The number of halogens is 1. The molecular weight excluding hydrogens is 171 g/mol. The Balaban J connectivity index is 2.58. The molecular formula is C10H13FO2. The molecule has 1 atom stereocenters. The Bertz CT molecular complexity index is 263. The Morgan fingerprint density at radius 1 is 1.31 bits per heavy atom. The average Bonchev–Trinajstić information content (AvgIpc) is 2.09. The van der Waals surface area contributed by atoms with Gasteiger partial charge in [-0.1, -0.05) is 18.2 Å². The van der Waals surface area contributed by atoms with Crippen molar-refractivity contribution in [3.05, 3.63) is 35.6 Å². The van der Waals surface area contributed by atoms with E-state index < -0.39 is 6.10 Å². The molecule has 1 aromatic rings. The minimum atomic E-state index is -0.665. The van der Waals surface area contributed by atoms with E-state index in [0.29, 0.717) is 5.56 Å². The molecule has 0 radical (unpaired) electrons. The van der Waals surface area contributed by atoms with Gasteiger partial charge in [0, 0.05) is 13.0 Å². The quantitative estimate of drug-likeness (QED) is 0.736. The van der Waals surface area contributed by atoms with Gasteiger partial charge >= 0.3 is 0 Å². The molecule has 2 nitrogen and oxygen atoms in total. The van der Waals surface area contributed by atoms with Crippen LogP contribution in [-0.4, -0.2) is 22.9 Å². The first kappa shape index (κ1) is 10.2. The first-order chi connectivity index (χ1) is 6.24. The van der Waals surface area contributed by atoms with Gasteiger partial charge in [0.15, 0.2) is 0 Å². The number of hydrogen-bond acceptors (Lipinski definition) is 2. The Morgan fingerprint density at radius 3 is 2.62 bits per heavy atom. The zero-order valence-corrected chi connectivity index (χ0v) is 7.28. The van der Waals surface area contributed by atoms with Gasteiger partial charge in [0.1, 0.15) is 5.82 Å². The number of rotatable bonds is 4. The molecule has 1 aromatic carbocycles. The van der Waals surface area contributed by atoms with Gasteiger partial charge in [-0.25, -0.2) is 4.39 Å². The van der Waals surface area contributed by atoms with Crippen LogP contribution in [0.2, 0.25) is 0 Å². The number of benzene rings is 1. The zero-order chi connectivity index (χ0) is 9.68. The fourth-order valence-electron chi connectivity index (χ4n) is 1.17. The lowest BCUT2D eigenvalue weighted by molar-refractivity contribution is 0.132. The summed E-state index contributed by atoms with van der Waals surface area (Å²) in [5.74, 6) is -0.306. The molecule has 0 aliphatic rings. The summed E-state index contributed by atoms with van der Waals surface area (Å²) in [7, 11) is 0. The van der Waals surface area contributed by atoms with E-state index in [0.717, 1.165) is 0 Å². The zero-order valence-electron chi connectivity index (χ0n) is 7.28. The van der Waals surface area contributed by atoms with Crippen molar-refractivity contribution in [2.24, 2.45) is 0 Å². The van der Waals surface area contributed by atoms with Crippen molar-refractivity contribution in [2.75, 3.05) is 6.61 Å². The van der Waals surface area contributed by atoms with E-state index in [1.54, 1.807) is 18.2 Å². The van der Waals surface area contributed by atoms with Gasteiger partial charge < -0.3 is 10.2 Å². The minimum absolute atomic E-state index is 0.0738. The van der Waals surface area contributed by atoms with Crippen molar-refractivity contribution in [3.63, 3.8) is 0 Å². The molecule has 0 aliphatic carbocycles. The lowest BCUT2D eigenvalue weighted by Crippen LogP contribution is -2.13. The fraction of sp³-hybridized carbons (Fsp3) is 0.400. The van der Waals surface area contributed by atoms with Crippen LogP contribution in [-0.2, 0) is 6.42 Å². The molecule has 0 spiro atoms. The summed E-state index contributed by atoms with van der Waals surface area (Å²) in [6, 6.07) is 6.33. The first-order valence-corrected chi connectivity index (χ1v) is 4.26. The van der Waals surface area contributed by atoms with Crippen LogP contribution in [0.1, 0.15) is 12.0 Å². The maximum atomic E-state index is 13.0. The molecule has 72 valence electrons. The van der Waals surface area contributed by atoms with Gasteiger partial charge in [0.25, 0.3) is 0 Å². The van der Waals surface area contributed by atoms with E-state index in [1.807, 2.05) is 0 Å². The maximum Gasteiger partial charge on any atom is 0.126 e. The second-order valence-electron chi connectivity index (χ2n) is 2.96. The van der Waals surface area contributed by atoms with Crippen LogP contribution in [0.4, 0.5) is 4.39 Å².